The van der Waals surface area contributed by atoms with Gasteiger partial charge in [0.25, 0.3) is 0 Å². The van der Waals surface area contributed by atoms with Crippen molar-refractivity contribution in [2.45, 2.75) is 25.7 Å². The Labute approximate surface area is 190 Å². The molecule has 2 amide bonds. The van der Waals surface area contributed by atoms with E-state index in [-0.39, 0.29) is 12.5 Å². The number of ether oxygens (including phenoxy) is 1. The summed E-state index contributed by atoms with van der Waals surface area (Å²) in [6, 6.07) is 10.4. The number of hydroxylamine groups is 2. The van der Waals surface area contributed by atoms with Gasteiger partial charge < -0.3 is 14.1 Å². The SMILES string of the molecule is CCN(O)C(=O)N1CCC(c2nc(-c3ccc(OC)cc3)c(-c3ccc(F)c(F)c3)o2)CC1. The summed E-state index contributed by atoms with van der Waals surface area (Å²) in [5.74, 6) is -0.462. The van der Waals surface area contributed by atoms with Gasteiger partial charge in [-0.2, -0.15) is 0 Å². The van der Waals surface area contributed by atoms with Crippen LogP contribution in [0.25, 0.3) is 22.6 Å². The number of rotatable bonds is 5. The monoisotopic (exact) mass is 457 g/mol. The molecular formula is C24H25F2N3O4. The molecule has 1 N–H and O–H groups in total. The number of oxazole rings is 1. The molecule has 3 aromatic rings. The fourth-order valence-electron chi connectivity index (χ4n) is 3.91. The minimum atomic E-state index is -0.970. The summed E-state index contributed by atoms with van der Waals surface area (Å²) in [6.07, 6.45) is 1.20. The summed E-state index contributed by atoms with van der Waals surface area (Å²) in [5, 5.41) is 10.4. The third-order valence-corrected chi connectivity index (χ3v) is 5.82. The van der Waals surface area contributed by atoms with Gasteiger partial charge >= 0.3 is 6.03 Å². The van der Waals surface area contributed by atoms with Crippen LogP contribution in [0.4, 0.5) is 13.6 Å². The number of hydrogen-bond acceptors (Lipinski definition) is 5. The number of likely N-dealkylation sites (tertiary alicyclic amines) is 1. The highest BCUT2D eigenvalue weighted by atomic mass is 19.2. The van der Waals surface area contributed by atoms with E-state index in [1.54, 1.807) is 31.1 Å². The van der Waals surface area contributed by atoms with Crippen molar-refractivity contribution >= 4 is 6.03 Å². The van der Waals surface area contributed by atoms with E-state index in [4.69, 9.17) is 14.1 Å². The Bertz CT molecular complexity index is 1130. The Balaban J connectivity index is 1.65. The maximum Gasteiger partial charge on any atom is 0.343 e. The topological polar surface area (TPSA) is 79.0 Å². The molecular weight excluding hydrogens is 432 g/mol. The number of methoxy groups -OCH3 is 1. The van der Waals surface area contributed by atoms with Crippen molar-refractivity contribution < 1.29 is 27.9 Å². The summed E-state index contributed by atoms with van der Waals surface area (Å²) < 4.78 is 38.8. The normalized spacial score (nSPS) is 14.4. The van der Waals surface area contributed by atoms with Crippen LogP contribution in [-0.4, -0.2) is 52.9 Å². The number of carbonyl (C=O) groups is 1. The zero-order chi connectivity index (χ0) is 23.5. The first kappa shape index (κ1) is 22.7. The van der Waals surface area contributed by atoms with Gasteiger partial charge in [0.15, 0.2) is 23.3 Å². The van der Waals surface area contributed by atoms with Gasteiger partial charge in [0.2, 0.25) is 0 Å². The third kappa shape index (κ3) is 4.68. The average molecular weight is 457 g/mol. The highest BCUT2D eigenvalue weighted by molar-refractivity contribution is 5.77. The molecule has 7 nitrogen and oxygen atoms in total. The van der Waals surface area contributed by atoms with Crippen LogP contribution in [0.15, 0.2) is 46.9 Å². The van der Waals surface area contributed by atoms with Gasteiger partial charge in [0.05, 0.1) is 7.11 Å². The van der Waals surface area contributed by atoms with E-state index in [1.165, 1.54) is 6.07 Å². The van der Waals surface area contributed by atoms with Crippen molar-refractivity contribution in [3.05, 3.63) is 60.0 Å². The molecule has 4 rings (SSSR count). The van der Waals surface area contributed by atoms with E-state index in [0.717, 1.165) is 17.7 Å². The lowest BCUT2D eigenvalue weighted by Crippen LogP contribution is -2.45. The fraction of sp³-hybridized carbons (Fsp3) is 0.333. The number of carbonyl (C=O) groups excluding carboxylic acids is 1. The van der Waals surface area contributed by atoms with Gasteiger partial charge in [-0.3, -0.25) is 5.21 Å². The van der Waals surface area contributed by atoms with Crippen LogP contribution in [-0.2, 0) is 0 Å². The second-order valence-corrected chi connectivity index (χ2v) is 7.85. The predicted molar refractivity (Wildman–Crippen MR) is 117 cm³/mol. The van der Waals surface area contributed by atoms with Crippen LogP contribution in [0.5, 0.6) is 5.75 Å². The van der Waals surface area contributed by atoms with Gasteiger partial charge in [-0.15, -0.1) is 0 Å². The molecule has 1 aliphatic heterocycles. The molecule has 1 aliphatic rings. The van der Waals surface area contributed by atoms with Crippen molar-refractivity contribution in [1.29, 1.82) is 0 Å². The molecule has 33 heavy (non-hydrogen) atoms. The second-order valence-electron chi connectivity index (χ2n) is 7.85. The number of benzene rings is 2. The molecule has 174 valence electrons. The van der Waals surface area contributed by atoms with Crippen molar-refractivity contribution in [3.8, 4) is 28.3 Å². The molecule has 0 atom stereocenters. The standard InChI is InChI=1S/C24H25F2N3O4/c1-3-29(31)24(30)28-12-10-16(11-13-28)23-27-21(15-4-7-18(32-2)8-5-15)22(33-23)17-6-9-19(25)20(26)14-17/h4-9,14,16,31H,3,10-13H2,1-2H3. The lowest BCUT2D eigenvalue weighted by atomic mass is 9.97. The molecule has 1 saturated heterocycles. The van der Waals surface area contributed by atoms with E-state index in [1.807, 2.05) is 12.1 Å². The quantitative estimate of drug-likeness (QED) is 0.415. The van der Waals surface area contributed by atoms with E-state index >= 15 is 0 Å². The Kier molecular flexibility index (Phi) is 6.60. The number of nitrogens with zero attached hydrogens (tertiary/aromatic N) is 3. The van der Waals surface area contributed by atoms with Crippen molar-refractivity contribution in [3.63, 3.8) is 0 Å². The van der Waals surface area contributed by atoms with Crippen LogP contribution in [0, 0.1) is 11.6 Å². The van der Waals surface area contributed by atoms with Gasteiger partial charge in [0.1, 0.15) is 11.4 Å². The largest absolute Gasteiger partial charge is 0.497 e. The van der Waals surface area contributed by atoms with Crippen LogP contribution in [0.2, 0.25) is 0 Å². The lowest BCUT2D eigenvalue weighted by molar-refractivity contribution is -0.0543. The van der Waals surface area contributed by atoms with Crippen LogP contribution < -0.4 is 4.74 Å². The van der Waals surface area contributed by atoms with Crippen LogP contribution >= 0.6 is 0 Å². The van der Waals surface area contributed by atoms with Crippen LogP contribution in [0.1, 0.15) is 31.6 Å². The molecule has 0 bridgehead atoms. The fourth-order valence-corrected chi connectivity index (χ4v) is 3.91. The van der Waals surface area contributed by atoms with Gasteiger partial charge in [0, 0.05) is 36.7 Å². The molecule has 0 radical (unpaired) electrons. The Morgan fingerprint density at radius 2 is 1.82 bits per heavy atom. The molecule has 2 heterocycles. The Hall–Kier alpha value is -3.46. The summed E-state index contributed by atoms with van der Waals surface area (Å²) >= 11 is 0. The Morgan fingerprint density at radius 3 is 2.42 bits per heavy atom. The lowest BCUT2D eigenvalue weighted by Gasteiger charge is -2.32. The maximum atomic E-state index is 14.0. The number of aromatic nitrogens is 1. The summed E-state index contributed by atoms with van der Waals surface area (Å²) in [6.45, 7) is 2.79. The molecule has 0 aliphatic carbocycles. The Morgan fingerprint density at radius 1 is 1.15 bits per heavy atom. The maximum absolute atomic E-state index is 14.0. The first-order chi connectivity index (χ1) is 15.9. The van der Waals surface area contributed by atoms with E-state index in [9.17, 15) is 18.8 Å². The van der Waals surface area contributed by atoms with Crippen molar-refractivity contribution in [1.82, 2.24) is 14.9 Å². The first-order valence-electron chi connectivity index (χ1n) is 10.8. The number of piperidine rings is 1. The minimum Gasteiger partial charge on any atom is -0.497 e. The van der Waals surface area contributed by atoms with Crippen molar-refractivity contribution in [2.75, 3.05) is 26.7 Å². The molecule has 0 spiro atoms. The summed E-state index contributed by atoms with van der Waals surface area (Å²) in [7, 11) is 1.57. The van der Waals surface area contributed by atoms with Gasteiger partial charge in [-0.05, 0) is 62.2 Å². The second kappa shape index (κ2) is 9.58. The minimum absolute atomic E-state index is 0.0566. The smallest absolute Gasteiger partial charge is 0.343 e. The van der Waals surface area contributed by atoms with Gasteiger partial charge in [-0.25, -0.2) is 23.6 Å². The van der Waals surface area contributed by atoms with E-state index < -0.39 is 17.7 Å². The molecule has 1 aromatic heterocycles. The third-order valence-electron chi connectivity index (χ3n) is 5.82. The highest BCUT2D eigenvalue weighted by Gasteiger charge is 2.30. The molecule has 9 heteroatoms. The summed E-state index contributed by atoms with van der Waals surface area (Å²) in [5.41, 5.74) is 1.65. The number of amides is 2. The molecule has 0 saturated carbocycles. The zero-order valence-corrected chi connectivity index (χ0v) is 18.4. The van der Waals surface area contributed by atoms with E-state index in [2.05, 4.69) is 0 Å². The number of halogens is 2. The highest BCUT2D eigenvalue weighted by Crippen LogP contribution is 2.38. The molecule has 2 aromatic carbocycles. The number of hydrogen-bond donors (Lipinski definition) is 1. The zero-order valence-electron chi connectivity index (χ0n) is 18.4. The molecule has 0 unspecified atom stereocenters. The molecule has 1 fully saturated rings. The van der Waals surface area contributed by atoms with Gasteiger partial charge in [-0.1, -0.05) is 0 Å². The van der Waals surface area contributed by atoms with E-state index in [0.29, 0.717) is 59.7 Å². The first-order valence-corrected chi connectivity index (χ1v) is 10.8. The predicted octanol–water partition coefficient (Wildman–Crippen LogP) is 5.31. The summed E-state index contributed by atoms with van der Waals surface area (Å²) in [4.78, 5) is 18.5. The van der Waals surface area contributed by atoms with Crippen molar-refractivity contribution in [2.24, 2.45) is 0 Å². The average Bonchev–Trinajstić information content (AvgIpc) is 3.30. The van der Waals surface area contributed by atoms with Crippen LogP contribution in [0.3, 0.4) is 0 Å². The number of urea groups is 1.